The largest absolute Gasteiger partial charge is 0.382 e. The van der Waals surface area contributed by atoms with Gasteiger partial charge in [-0.3, -0.25) is 4.79 Å². The highest BCUT2D eigenvalue weighted by Gasteiger charge is 2.25. The molecule has 0 bridgehead atoms. The van der Waals surface area contributed by atoms with Crippen LogP contribution in [0.2, 0.25) is 0 Å². The lowest BCUT2D eigenvalue weighted by Crippen LogP contribution is -2.31. The van der Waals surface area contributed by atoms with E-state index < -0.39 is 0 Å². The van der Waals surface area contributed by atoms with Crippen LogP contribution >= 0.6 is 11.3 Å². The number of hydrogen-bond donors (Lipinski definition) is 3. The fraction of sp³-hybridized carbons (Fsp3) is 0.500. The van der Waals surface area contributed by atoms with Gasteiger partial charge in [0.05, 0.1) is 6.04 Å². The van der Waals surface area contributed by atoms with Gasteiger partial charge in [-0.1, -0.05) is 17.3 Å². The third-order valence-electron chi connectivity index (χ3n) is 2.94. The van der Waals surface area contributed by atoms with Crippen molar-refractivity contribution in [2.24, 2.45) is 5.73 Å². The van der Waals surface area contributed by atoms with E-state index in [2.05, 4.69) is 16.2 Å². The Labute approximate surface area is 116 Å². The summed E-state index contributed by atoms with van der Waals surface area (Å²) in [5, 5.41) is 3.41. The van der Waals surface area contributed by atoms with Gasteiger partial charge in [0, 0.05) is 19.1 Å². The van der Waals surface area contributed by atoms with Crippen LogP contribution in [0.3, 0.4) is 0 Å². The maximum atomic E-state index is 12.0. The number of rotatable bonds is 3. The first-order chi connectivity index (χ1) is 9.01. The van der Waals surface area contributed by atoms with Crippen molar-refractivity contribution in [2.75, 3.05) is 23.7 Å². The first kappa shape index (κ1) is 13.6. The van der Waals surface area contributed by atoms with Gasteiger partial charge in [0.25, 0.3) is 5.91 Å². The van der Waals surface area contributed by atoms with Crippen LogP contribution in [-0.4, -0.2) is 36.1 Å². The first-order valence-electron chi connectivity index (χ1n) is 6.05. The van der Waals surface area contributed by atoms with Crippen molar-refractivity contribution in [3.8, 4) is 12.3 Å². The highest BCUT2D eigenvalue weighted by atomic mass is 32.1. The van der Waals surface area contributed by atoms with Gasteiger partial charge < -0.3 is 21.7 Å². The molecule has 0 aromatic carbocycles. The molecule has 1 amide bonds. The Morgan fingerprint density at radius 1 is 1.74 bits per heavy atom. The third kappa shape index (κ3) is 2.97. The number of nitrogen functional groups attached to an aromatic ring is 1. The number of nitrogens with two attached hydrogens (primary N) is 2. The predicted molar refractivity (Wildman–Crippen MR) is 77.1 cm³/mol. The summed E-state index contributed by atoms with van der Waals surface area (Å²) in [4.78, 5) is 18.7. The van der Waals surface area contributed by atoms with Crippen LogP contribution in [0.15, 0.2) is 0 Å². The average molecular weight is 279 g/mol. The zero-order valence-corrected chi connectivity index (χ0v) is 11.5. The second-order valence-electron chi connectivity index (χ2n) is 4.57. The zero-order chi connectivity index (χ0) is 14.0. The molecule has 0 radical (unpaired) electrons. The van der Waals surface area contributed by atoms with Gasteiger partial charge in [-0.15, -0.1) is 6.42 Å². The van der Waals surface area contributed by atoms with Crippen molar-refractivity contribution in [1.82, 2.24) is 10.3 Å². The second-order valence-corrected chi connectivity index (χ2v) is 5.54. The van der Waals surface area contributed by atoms with Gasteiger partial charge in [0.15, 0.2) is 5.13 Å². The molecule has 1 fully saturated rings. The molecular weight excluding hydrogens is 262 g/mol. The number of hydrogen-bond acceptors (Lipinski definition) is 6. The zero-order valence-electron chi connectivity index (χ0n) is 10.7. The molecule has 6 nitrogen and oxygen atoms in total. The van der Waals surface area contributed by atoms with E-state index in [1.54, 1.807) is 6.92 Å². The molecule has 0 spiro atoms. The Bertz CT molecular complexity index is 521. The lowest BCUT2D eigenvalue weighted by atomic mass is 10.3. The van der Waals surface area contributed by atoms with Crippen molar-refractivity contribution in [3.05, 3.63) is 4.88 Å². The summed E-state index contributed by atoms with van der Waals surface area (Å²) in [5.41, 5.74) is 11.6. The van der Waals surface area contributed by atoms with Crippen LogP contribution in [0.1, 0.15) is 23.0 Å². The standard InChI is InChI=1S/C12H17N5OS/c1-3-7(2)15-11(18)9-10(14)16-12(19-9)17-5-4-8(13)6-17/h1,7-8H,4-6,13-14H2,2H3,(H,15,18). The fourth-order valence-electron chi connectivity index (χ4n) is 1.88. The summed E-state index contributed by atoms with van der Waals surface area (Å²) in [6.45, 7) is 3.32. The number of nitrogens with one attached hydrogen (secondary N) is 1. The van der Waals surface area contributed by atoms with Crippen LogP contribution in [0.4, 0.5) is 10.9 Å². The molecule has 1 aromatic heterocycles. The Balaban J connectivity index is 2.13. The average Bonchev–Trinajstić information content (AvgIpc) is 2.95. The summed E-state index contributed by atoms with van der Waals surface area (Å²) < 4.78 is 0. The molecule has 1 aliphatic rings. The number of carbonyl (C=O) groups excluding carboxylic acids is 1. The smallest absolute Gasteiger partial charge is 0.266 e. The van der Waals surface area contributed by atoms with Crippen molar-refractivity contribution < 1.29 is 4.79 Å². The van der Waals surface area contributed by atoms with Gasteiger partial charge in [0.2, 0.25) is 0 Å². The number of aromatic nitrogens is 1. The Morgan fingerprint density at radius 3 is 3.05 bits per heavy atom. The Morgan fingerprint density at radius 2 is 2.47 bits per heavy atom. The fourth-order valence-corrected chi connectivity index (χ4v) is 2.81. The topological polar surface area (TPSA) is 97.3 Å². The Kier molecular flexibility index (Phi) is 3.93. The SMILES string of the molecule is C#CC(C)NC(=O)c1sc(N2CCC(N)C2)nc1N. The Hall–Kier alpha value is -1.78. The minimum Gasteiger partial charge on any atom is -0.382 e. The van der Waals surface area contributed by atoms with Gasteiger partial charge in [0.1, 0.15) is 10.7 Å². The maximum absolute atomic E-state index is 12.0. The molecule has 2 unspecified atom stereocenters. The van der Waals surface area contributed by atoms with Crippen molar-refractivity contribution in [3.63, 3.8) is 0 Å². The first-order valence-corrected chi connectivity index (χ1v) is 6.86. The lowest BCUT2D eigenvalue weighted by molar-refractivity contribution is 0.0953. The van der Waals surface area contributed by atoms with E-state index in [0.29, 0.717) is 4.88 Å². The molecule has 2 rings (SSSR count). The number of thiazole rings is 1. The van der Waals surface area contributed by atoms with Crippen LogP contribution in [0.25, 0.3) is 0 Å². The normalized spacial score (nSPS) is 20.1. The van der Waals surface area contributed by atoms with E-state index in [9.17, 15) is 4.79 Å². The number of terminal acetylenes is 1. The number of nitrogens with zero attached hydrogens (tertiary/aromatic N) is 2. The number of amides is 1. The maximum Gasteiger partial charge on any atom is 0.266 e. The molecule has 1 saturated heterocycles. The molecule has 5 N–H and O–H groups in total. The molecule has 2 atom stereocenters. The van der Waals surface area contributed by atoms with Crippen LogP contribution in [-0.2, 0) is 0 Å². The van der Waals surface area contributed by atoms with Crippen LogP contribution in [0, 0.1) is 12.3 Å². The van der Waals surface area contributed by atoms with Gasteiger partial charge in [-0.2, -0.15) is 0 Å². The van der Waals surface area contributed by atoms with Crippen LogP contribution < -0.4 is 21.7 Å². The van der Waals surface area contributed by atoms with Gasteiger partial charge in [-0.25, -0.2) is 4.98 Å². The molecular formula is C12H17N5OS. The van der Waals surface area contributed by atoms with Gasteiger partial charge in [-0.05, 0) is 13.3 Å². The lowest BCUT2D eigenvalue weighted by Gasteiger charge is -2.12. The highest BCUT2D eigenvalue weighted by Crippen LogP contribution is 2.30. The molecule has 1 aliphatic heterocycles. The van der Waals surface area contributed by atoms with Crippen molar-refractivity contribution >= 4 is 28.2 Å². The molecule has 1 aromatic rings. The van der Waals surface area contributed by atoms with Crippen LogP contribution in [0.5, 0.6) is 0 Å². The quantitative estimate of drug-likeness (QED) is 0.677. The minimum absolute atomic E-state index is 0.156. The molecule has 102 valence electrons. The third-order valence-corrected chi connectivity index (χ3v) is 4.07. The number of anilines is 2. The van der Waals surface area contributed by atoms with Crippen molar-refractivity contribution in [1.29, 1.82) is 0 Å². The molecule has 19 heavy (non-hydrogen) atoms. The molecule has 0 aliphatic carbocycles. The number of carbonyl (C=O) groups is 1. The van der Waals surface area contributed by atoms with E-state index in [-0.39, 0.29) is 23.8 Å². The van der Waals surface area contributed by atoms with E-state index in [1.807, 2.05) is 4.90 Å². The summed E-state index contributed by atoms with van der Waals surface area (Å²) in [6, 6.07) is -0.179. The molecule has 7 heteroatoms. The monoisotopic (exact) mass is 279 g/mol. The van der Waals surface area contributed by atoms with E-state index in [1.165, 1.54) is 11.3 Å². The summed E-state index contributed by atoms with van der Waals surface area (Å²) >= 11 is 1.27. The second kappa shape index (κ2) is 5.47. The highest BCUT2D eigenvalue weighted by molar-refractivity contribution is 7.18. The van der Waals surface area contributed by atoms with Crippen molar-refractivity contribution in [2.45, 2.75) is 25.4 Å². The van der Waals surface area contributed by atoms with E-state index in [0.717, 1.165) is 24.6 Å². The molecule has 0 saturated carbocycles. The van der Waals surface area contributed by atoms with Gasteiger partial charge >= 0.3 is 0 Å². The van der Waals surface area contributed by atoms with E-state index >= 15 is 0 Å². The molecule has 2 heterocycles. The predicted octanol–water partition coefficient (Wildman–Crippen LogP) is 0.0142. The van der Waals surface area contributed by atoms with E-state index in [4.69, 9.17) is 17.9 Å². The summed E-state index contributed by atoms with van der Waals surface area (Å²) in [6.07, 6.45) is 6.15. The minimum atomic E-state index is -0.336. The summed E-state index contributed by atoms with van der Waals surface area (Å²) in [5.74, 6) is 2.39. The summed E-state index contributed by atoms with van der Waals surface area (Å²) in [7, 11) is 0.